The Bertz CT molecular complexity index is 445. The van der Waals surface area contributed by atoms with Gasteiger partial charge in [-0.25, -0.2) is 0 Å². The summed E-state index contributed by atoms with van der Waals surface area (Å²) in [5.41, 5.74) is 0.460. The molecule has 0 heterocycles. The molecule has 0 aromatic carbocycles. The average Bonchev–Trinajstić information content (AvgIpc) is 2.86. The third kappa shape index (κ3) is 1.52. The molecule has 4 fully saturated rings. The van der Waals surface area contributed by atoms with E-state index in [2.05, 4.69) is 13.8 Å². The van der Waals surface area contributed by atoms with Gasteiger partial charge < -0.3 is 5.11 Å². The summed E-state index contributed by atoms with van der Waals surface area (Å²) in [5, 5.41) is 10.4. The van der Waals surface area contributed by atoms with Crippen LogP contribution in [-0.4, -0.2) is 17.0 Å². The Morgan fingerprint density at radius 1 is 1.00 bits per heavy atom. The van der Waals surface area contributed by atoms with Crippen molar-refractivity contribution in [3.63, 3.8) is 0 Å². The first-order chi connectivity index (χ1) is 9.45. The third-order valence-corrected chi connectivity index (χ3v) is 8.07. The van der Waals surface area contributed by atoms with Crippen LogP contribution in [0.3, 0.4) is 0 Å². The van der Waals surface area contributed by atoms with Gasteiger partial charge in [0.2, 0.25) is 0 Å². The molecule has 1 N–H and O–H groups in total. The van der Waals surface area contributed by atoms with Gasteiger partial charge in [-0.2, -0.15) is 0 Å². The zero-order valence-electron chi connectivity index (χ0n) is 12.9. The normalized spacial score (nSPS) is 58.1. The Balaban J connectivity index is 1.67. The molecule has 0 radical (unpaired) electrons. The summed E-state index contributed by atoms with van der Waals surface area (Å²) in [6.45, 7) is 4.74. The van der Waals surface area contributed by atoms with Crippen molar-refractivity contribution >= 4 is 5.78 Å². The van der Waals surface area contributed by atoms with Gasteiger partial charge in [-0.3, -0.25) is 4.79 Å². The molecule has 7 atom stereocenters. The summed E-state index contributed by atoms with van der Waals surface area (Å²) in [4.78, 5) is 12.0. The molecule has 0 aromatic rings. The molecular formula is C18H28O2. The minimum Gasteiger partial charge on any atom is -0.393 e. The topological polar surface area (TPSA) is 37.3 Å². The van der Waals surface area contributed by atoms with Crippen LogP contribution in [0.4, 0.5) is 0 Å². The highest BCUT2D eigenvalue weighted by molar-refractivity contribution is 5.82. The number of ketones is 1. The van der Waals surface area contributed by atoms with Crippen LogP contribution >= 0.6 is 0 Å². The highest BCUT2D eigenvalue weighted by atomic mass is 16.3. The van der Waals surface area contributed by atoms with E-state index >= 15 is 0 Å². The first-order valence-electron chi connectivity index (χ1n) is 8.65. The molecule has 0 spiro atoms. The predicted octanol–water partition coefficient (Wildman–Crippen LogP) is 3.57. The first kappa shape index (κ1) is 13.3. The third-order valence-electron chi connectivity index (χ3n) is 8.07. The molecule has 5 unspecified atom stereocenters. The van der Waals surface area contributed by atoms with Gasteiger partial charge in [-0.1, -0.05) is 13.8 Å². The molecule has 0 bridgehead atoms. The number of hydrogen-bond donors (Lipinski definition) is 1. The van der Waals surface area contributed by atoms with E-state index in [4.69, 9.17) is 0 Å². The van der Waals surface area contributed by atoms with Crippen molar-refractivity contribution in [3.05, 3.63) is 0 Å². The van der Waals surface area contributed by atoms with E-state index in [1.54, 1.807) is 0 Å². The van der Waals surface area contributed by atoms with Crippen LogP contribution in [-0.2, 0) is 4.79 Å². The molecule has 4 rings (SSSR count). The minimum atomic E-state index is -0.0795. The second-order valence-corrected chi connectivity index (χ2v) is 8.71. The van der Waals surface area contributed by atoms with Gasteiger partial charge in [0.15, 0.2) is 0 Å². The molecule has 2 nitrogen and oxygen atoms in total. The van der Waals surface area contributed by atoms with Crippen LogP contribution < -0.4 is 0 Å². The van der Waals surface area contributed by atoms with Crippen molar-refractivity contribution in [1.29, 1.82) is 0 Å². The fourth-order valence-corrected chi connectivity index (χ4v) is 6.89. The first-order valence-corrected chi connectivity index (χ1v) is 8.65. The maximum atomic E-state index is 12.0. The summed E-state index contributed by atoms with van der Waals surface area (Å²) in [6.07, 6.45) is 8.82. The Morgan fingerprint density at radius 2 is 1.75 bits per heavy atom. The van der Waals surface area contributed by atoms with Gasteiger partial charge in [-0.05, 0) is 73.0 Å². The highest BCUT2D eigenvalue weighted by Crippen LogP contribution is 2.66. The maximum absolute atomic E-state index is 12.0. The number of fused-ring (bicyclic) bond motifs is 5. The van der Waals surface area contributed by atoms with Crippen LogP contribution in [0.15, 0.2) is 0 Å². The van der Waals surface area contributed by atoms with Crippen LogP contribution in [0, 0.1) is 34.5 Å². The lowest BCUT2D eigenvalue weighted by molar-refractivity contribution is -0.119. The summed E-state index contributed by atoms with van der Waals surface area (Å²) < 4.78 is 0. The Hall–Kier alpha value is -0.370. The van der Waals surface area contributed by atoms with Crippen molar-refractivity contribution in [3.8, 4) is 0 Å². The number of carbonyl (C=O) groups excluding carboxylic acids is 1. The number of carbonyl (C=O) groups is 1. The molecule has 4 aliphatic rings. The summed E-state index contributed by atoms with van der Waals surface area (Å²) in [5.74, 6) is 3.41. The summed E-state index contributed by atoms with van der Waals surface area (Å²) >= 11 is 0. The molecule has 0 aromatic heterocycles. The Labute approximate surface area is 122 Å². The molecule has 0 amide bonds. The molecule has 112 valence electrons. The van der Waals surface area contributed by atoms with E-state index in [9.17, 15) is 9.90 Å². The minimum absolute atomic E-state index is 0.0795. The van der Waals surface area contributed by atoms with E-state index in [-0.39, 0.29) is 16.9 Å². The Morgan fingerprint density at radius 3 is 2.55 bits per heavy atom. The molecular weight excluding hydrogens is 248 g/mol. The summed E-state index contributed by atoms with van der Waals surface area (Å²) in [6, 6.07) is 0. The van der Waals surface area contributed by atoms with E-state index in [1.165, 1.54) is 32.1 Å². The molecule has 0 saturated heterocycles. The molecule has 0 aliphatic heterocycles. The van der Waals surface area contributed by atoms with E-state index in [0.717, 1.165) is 31.1 Å². The number of aliphatic hydroxyl groups is 1. The fraction of sp³-hybridized carbons (Fsp3) is 0.944. The van der Waals surface area contributed by atoms with Gasteiger partial charge in [0.25, 0.3) is 0 Å². The van der Waals surface area contributed by atoms with Gasteiger partial charge >= 0.3 is 0 Å². The smallest absolute Gasteiger partial charge is 0.133 e. The van der Waals surface area contributed by atoms with Crippen molar-refractivity contribution in [2.75, 3.05) is 0 Å². The van der Waals surface area contributed by atoms with Gasteiger partial charge in [-0.15, -0.1) is 0 Å². The monoisotopic (exact) mass is 276 g/mol. The molecule has 20 heavy (non-hydrogen) atoms. The van der Waals surface area contributed by atoms with Crippen LogP contribution in [0.1, 0.15) is 65.2 Å². The van der Waals surface area contributed by atoms with Gasteiger partial charge in [0.1, 0.15) is 5.78 Å². The van der Waals surface area contributed by atoms with Crippen molar-refractivity contribution in [1.82, 2.24) is 0 Å². The van der Waals surface area contributed by atoms with Gasteiger partial charge in [0, 0.05) is 12.8 Å². The fourth-order valence-electron chi connectivity index (χ4n) is 6.89. The van der Waals surface area contributed by atoms with Crippen LogP contribution in [0.2, 0.25) is 0 Å². The quantitative estimate of drug-likeness (QED) is 0.734. The molecule has 4 aliphatic carbocycles. The van der Waals surface area contributed by atoms with Crippen molar-refractivity contribution in [2.45, 2.75) is 71.3 Å². The maximum Gasteiger partial charge on any atom is 0.133 e. The van der Waals surface area contributed by atoms with E-state index in [0.29, 0.717) is 17.6 Å². The largest absolute Gasteiger partial charge is 0.393 e. The summed E-state index contributed by atoms with van der Waals surface area (Å²) in [7, 11) is 0. The standard InChI is InChI=1S/C18H28O2/c1-17-8-7-15-13(14(17)5-6-16(17)20)4-3-11-9-12(19)10-18(11,15)2/h11,13-16,20H,3-10H2,1-2H3/t11?,13?,14?,15?,16?,17-,18-/m0/s1. The van der Waals surface area contributed by atoms with E-state index in [1.807, 2.05) is 0 Å². The molecule has 2 heteroatoms. The van der Waals surface area contributed by atoms with Crippen molar-refractivity contribution in [2.24, 2.45) is 34.5 Å². The van der Waals surface area contributed by atoms with Crippen LogP contribution in [0.25, 0.3) is 0 Å². The zero-order chi connectivity index (χ0) is 14.1. The second kappa shape index (κ2) is 4.09. The van der Waals surface area contributed by atoms with Crippen LogP contribution in [0.5, 0.6) is 0 Å². The number of Topliss-reactive ketones (excluding diaryl/α,β-unsaturated/α-hetero) is 1. The Kier molecular flexibility index (Phi) is 2.72. The van der Waals surface area contributed by atoms with Gasteiger partial charge in [0.05, 0.1) is 6.10 Å². The molecule has 4 saturated carbocycles. The number of hydrogen-bond acceptors (Lipinski definition) is 2. The average molecular weight is 276 g/mol. The van der Waals surface area contributed by atoms with E-state index < -0.39 is 0 Å². The lowest BCUT2D eigenvalue weighted by Crippen LogP contribution is -2.51. The number of rotatable bonds is 0. The second-order valence-electron chi connectivity index (χ2n) is 8.71. The number of aliphatic hydroxyl groups excluding tert-OH is 1. The lowest BCUT2D eigenvalue weighted by Gasteiger charge is -2.56. The highest BCUT2D eigenvalue weighted by Gasteiger charge is 2.61. The SMILES string of the molecule is C[C@]12CC(=O)CC1CCC1C2CC[C@]2(C)C(O)CCC12. The van der Waals surface area contributed by atoms with Crippen molar-refractivity contribution < 1.29 is 9.90 Å². The lowest BCUT2D eigenvalue weighted by atomic mass is 9.48. The predicted molar refractivity (Wildman–Crippen MR) is 78.1 cm³/mol. The zero-order valence-corrected chi connectivity index (χ0v) is 12.9.